The molecule has 1 saturated heterocycles. The Kier molecular flexibility index (Phi) is 4.55. The number of ether oxygens (including phenoxy) is 1. The number of morpholine rings is 1. The van der Waals surface area contributed by atoms with Gasteiger partial charge in [-0.1, -0.05) is 12.1 Å². The van der Waals surface area contributed by atoms with E-state index < -0.39 is 6.10 Å². The van der Waals surface area contributed by atoms with E-state index in [9.17, 15) is 9.50 Å². The molecule has 3 nitrogen and oxygen atoms in total. The van der Waals surface area contributed by atoms with Crippen molar-refractivity contribution < 1.29 is 14.2 Å². The van der Waals surface area contributed by atoms with E-state index in [2.05, 4.69) is 18.7 Å². The van der Waals surface area contributed by atoms with Crippen LogP contribution in [-0.2, 0) is 4.74 Å². The van der Waals surface area contributed by atoms with Crippen molar-refractivity contribution in [1.29, 1.82) is 0 Å². The average molecular weight is 267 g/mol. The first-order chi connectivity index (χ1) is 8.99. The first kappa shape index (κ1) is 14.4. The SMILES string of the molecule is Cc1cc(C(O)C2CN(C(C)C)CCO2)ccc1F. The van der Waals surface area contributed by atoms with E-state index in [1.165, 1.54) is 6.07 Å². The van der Waals surface area contributed by atoms with Crippen LogP contribution >= 0.6 is 0 Å². The van der Waals surface area contributed by atoms with Crippen LogP contribution in [0.4, 0.5) is 4.39 Å². The number of aryl methyl sites for hydroxylation is 1. The molecular formula is C15H22FNO2. The highest BCUT2D eigenvalue weighted by molar-refractivity contribution is 5.26. The fraction of sp³-hybridized carbons (Fsp3) is 0.600. The zero-order valence-corrected chi connectivity index (χ0v) is 11.8. The molecule has 1 N–H and O–H groups in total. The molecule has 1 aromatic rings. The van der Waals surface area contributed by atoms with Crippen LogP contribution in [0.25, 0.3) is 0 Å². The van der Waals surface area contributed by atoms with Crippen LogP contribution in [0.2, 0.25) is 0 Å². The third kappa shape index (κ3) is 3.32. The first-order valence-electron chi connectivity index (χ1n) is 6.79. The van der Waals surface area contributed by atoms with E-state index in [4.69, 9.17) is 4.74 Å². The molecule has 1 heterocycles. The van der Waals surface area contributed by atoms with Crippen molar-refractivity contribution in [3.8, 4) is 0 Å². The van der Waals surface area contributed by atoms with E-state index in [1.807, 2.05) is 0 Å². The molecule has 1 aliphatic heterocycles. The minimum absolute atomic E-state index is 0.246. The van der Waals surface area contributed by atoms with Gasteiger partial charge >= 0.3 is 0 Å². The molecule has 2 atom stereocenters. The Morgan fingerprint density at radius 3 is 2.79 bits per heavy atom. The standard InChI is InChI=1S/C15H22FNO2/c1-10(2)17-6-7-19-14(9-17)15(18)12-4-5-13(16)11(3)8-12/h4-5,8,10,14-15,18H,6-7,9H2,1-3H3. The Balaban J connectivity index is 2.10. The van der Waals surface area contributed by atoms with Gasteiger partial charge in [0.05, 0.1) is 6.61 Å². The molecule has 0 aromatic heterocycles. The number of halogens is 1. The maximum atomic E-state index is 13.3. The zero-order valence-electron chi connectivity index (χ0n) is 11.8. The Labute approximate surface area is 114 Å². The highest BCUT2D eigenvalue weighted by Crippen LogP contribution is 2.24. The molecule has 0 aliphatic carbocycles. The summed E-state index contributed by atoms with van der Waals surface area (Å²) < 4.78 is 18.9. The second-order valence-electron chi connectivity index (χ2n) is 5.45. The van der Waals surface area contributed by atoms with E-state index in [-0.39, 0.29) is 11.9 Å². The summed E-state index contributed by atoms with van der Waals surface area (Å²) in [7, 11) is 0. The summed E-state index contributed by atoms with van der Waals surface area (Å²) in [4.78, 5) is 2.29. The fourth-order valence-corrected chi connectivity index (χ4v) is 2.42. The highest BCUT2D eigenvalue weighted by atomic mass is 19.1. The van der Waals surface area contributed by atoms with Crippen molar-refractivity contribution in [2.24, 2.45) is 0 Å². The number of aliphatic hydroxyl groups excluding tert-OH is 1. The molecule has 19 heavy (non-hydrogen) atoms. The Morgan fingerprint density at radius 2 is 2.16 bits per heavy atom. The molecule has 106 valence electrons. The van der Waals surface area contributed by atoms with Crippen molar-refractivity contribution >= 4 is 0 Å². The molecule has 1 fully saturated rings. The van der Waals surface area contributed by atoms with Crippen molar-refractivity contribution in [1.82, 2.24) is 4.90 Å². The fourth-order valence-electron chi connectivity index (χ4n) is 2.42. The van der Waals surface area contributed by atoms with Crippen molar-refractivity contribution in [3.63, 3.8) is 0 Å². The molecular weight excluding hydrogens is 245 g/mol. The lowest BCUT2D eigenvalue weighted by molar-refractivity contribution is -0.0961. The molecule has 1 aromatic carbocycles. The van der Waals surface area contributed by atoms with Crippen LogP contribution in [0, 0.1) is 12.7 Å². The summed E-state index contributed by atoms with van der Waals surface area (Å²) in [6.45, 7) is 8.19. The molecule has 0 spiro atoms. The summed E-state index contributed by atoms with van der Waals surface area (Å²) >= 11 is 0. The molecule has 2 unspecified atom stereocenters. The molecule has 0 saturated carbocycles. The van der Waals surface area contributed by atoms with Crippen molar-refractivity contribution in [2.45, 2.75) is 39.0 Å². The van der Waals surface area contributed by atoms with Gasteiger partial charge < -0.3 is 9.84 Å². The number of rotatable bonds is 3. The second-order valence-corrected chi connectivity index (χ2v) is 5.45. The van der Waals surface area contributed by atoms with E-state index >= 15 is 0 Å². The minimum Gasteiger partial charge on any atom is -0.386 e. The van der Waals surface area contributed by atoms with Gasteiger partial charge in [0.2, 0.25) is 0 Å². The Morgan fingerprint density at radius 1 is 1.42 bits per heavy atom. The van der Waals surface area contributed by atoms with Gasteiger partial charge in [0, 0.05) is 19.1 Å². The normalized spacial score (nSPS) is 22.7. The number of benzene rings is 1. The van der Waals surface area contributed by atoms with Crippen LogP contribution in [0.1, 0.15) is 31.1 Å². The smallest absolute Gasteiger partial charge is 0.126 e. The molecule has 2 rings (SSSR count). The second kappa shape index (κ2) is 5.99. The number of nitrogens with zero attached hydrogens (tertiary/aromatic N) is 1. The lowest BCUT2D eigenvalue weighted by Gasteiger charge is -2.37. The lowest BCUT2D eigenvalue weighted by atomic mass is 10.0. The molecule has 0 radical (unpaired) electrons. The summed E-state index contributed by atoms with van der Waals surface area (Å²) in [5.74, 6) is -0.246. The number of aliphatic hydroxyl groups is 1. The van der Waals surface area contributed by atoms with Gasteiger partial charge in [-0.25, -0.2) is 4.39 Å². The maximum absolute atomic E-state index is 13.3. The monoisotopic (exact) mass is 267 g/mol. The van der Waals surface area contributed by atoms with Crippen molar-refractivity contribution in [3.05, 3.63) is 35.1 Å². The number of hydrogen-bond donors (Lipinski definition) is 1. The van der Waals surface area contributed by atoms with Crippen LogP contribution in [0.3, 0.4) is 0 Å². The highest BCUT2D eigenvalue weighted by Gasteiger charge is 2.29. The van der Waals surface area contributed by atoms with Gasteiger partial charge in [-0.05, 0) is 38.0 Å². The molecule has 4 heteroatoms. The van der Waals surface area contributed by atoms with Crippen LogP contribution < -0.4 is 0 Å². The van der Waals surface area contributed by atoms with E-state index in [0.717, 1.165) is 12.1 Å². The van der Waals surface area contributed by atoms with Gasteiger partial charge in [-0.15, -0.1) is 0 Å². The van der Waals surface area contributed by atoms with Crippen LogP contribution in [0.5, 0.6) is 0 Å². The topological polar surface area (TPSA) is 32.7 Å². The van der Waals surface area contributed by atoms with Gasteiger partial charge in [0.15, 0.2) is 0 Å². The average Bonchev–Trinajstić information content (AvgIpc) is 2.41. The molecule has 1 aliphatic rings. The summed E-state index contributed by atoms with van der Waals surface area (Å²) in [5.41, 5.74) is 1.27. The number of hydrogen-bond acceptors (Lipinski definition) is 3. The first-order valence-corrected chi connectivity index (χ1v) is 6.79. The molecule has 0 amide bonds. The minimum atomic E-state index is -0.708. The maximum Gasteiger partial charge on any atom is 0.126 e. The van der Waals surface area contributed by atoms with E-state index in [1.54, 1.807) is 19.1 Å². The Bertz CT molecular complexity index is 436. The van der Waals surface area contributed by atoms with Gasteiger partial charge in [0.1, 0.15) is 18.0 Å². The summed E-state index contributed by atoms with van der Waals surface area (Å²) in [6, 6.07) is 5.16. The third-order valence-corrected chi connectivity index (χ3v) is 3.73. The Hall–Kier alpha value is -0.970. The zero-order chi connectivity index (χ0) is 14.0. The van der Waals surface area contributed by atoms with Crippen LogP contribution in [0.15, 0.2) is 18.2 Å². The van der Waals surface area contributed by atoms with Crippen molar-refractivity contribution in [2.75, 3.05) is 19.7 Å². The largest absolute Gasteiger partial charge is 0.386 e. The summed E-state index contributed by atoms with van der Waals surface area (Å²) in [6.07, 6.45) is -0.957. The van der Waals surface area contributed by atoms with E-state index in [0.29, 0.717) is 24.8 Å². The van der Waals surface area contributed by atoms with Gasteiger partial charge in [0.25, 0.3) is 0 Å². The van der Waals surface area contributed by atoms with Gasteiger partial charge in [-0.2, -0.15) is 0 Å². The summed E-state index contributed by atoms with van der Waals surface area (Å²) in [5, 5.41) is 10.4. The predicted octanol–water partition coefficient (Wildman–Crippen LogP) is 2.28. The third-order valence-electron chi connectivity index (χ3n) is 3.73. The van der Waals surface area contributed by atoms with Crippen LogP contribution in [-0.4, -0.2) is 41.8 Å². The quantitative estimate of drug-likeness (QED) is 0.912. The van der Waals surface area contributed by atoms with Gasteiger partial charge in [-0.3, -0.25) is 4.90 Å². The molecule has 0 bridgehead atoms. The predicted molar refractivity (Wildman–Crippen MR) is 72.5 cm³/mol. The lowest BCUT2D eigenvalue weighted by Crippen LogP contribution is -2.47.